The summed E-state index contributed by atoms with van der Waals surface area (Å²) in [6.45, 7) is 2.99. The van der Waals surface area contributed by atoms with E-state index in [-0.39, 0.29) is 12.1 Å². The Bertz CT molecular complexity index is 149. The number of carbonyl (C=O) groups is 1. The van der Waals surface area contributed by atoms with Crippen LogP contribution in [0.2, 0.25) is 0 Å². The SMILES string of the molecule is C[C@@H]1NCCC[C@H]1OC(N)=O. The molecule has 2 atom stereocenters. The molecule has 1 amide bonds. The molecule has 0 radical (unpaired) electrons. The molecule has 1 rings (SSSR count). The predicted molar refractivity (Wildman–Crippen MR) is 41.2 cm³/mol. The molecule has 4 nitrogen and oxygen atoms in total. The van der Waals surface area contributed by atoms with Crippen LogP contribution < -0.4 is 11.1 Å². The molecule has 0 aromatic rings. The van der Waals surface area contributed by atoms with E-state index in [1.54, 1.807) is 0 Å². The second-order valence-electron chi connectivity index (χ2n) is 2.86. The molecule has 64 valence electrons. The van der Waals surface area contributed by atoms with Crippen molar-refractivity contribution in [2.75, 3.05) is 6.54 Å². The number of rotatable bonds is 1. The molecule has 0 aromatic heterocycles. The zero-order chi connectivity index (χ0) is 8.27. The van der Waals surface area contributed by atoms with E-state index in [9.17, 15) is 4.79 Å². The van der Waals surface area contributed by atoms with Crippen LogP contribution in [-0.2, 0) is 4.74 Å². The number of amides is 1. The molecule has 1 heterocycles. The topological polar surface area (TPSA) is 64.3 Å². The van der Waals surface area contributed by atoms with Crippen LogP contribution in [0, 0.1) is 0 Å². The second-order valence-corrected chi connectivity index (χ2v) is 2.86. The first-order valence-corrected chi connectivity index (χ1v) is 3.89. The van der Waals surface area contributed by atoms with Crippen LogP contribution in [0.4, 0.5) is 4.79 Å². The van der Waals surface area contributed by atoms with E-state index in [0.717, 1.165) is 19.4 Å². The molecular weight excluding hydrogens is 144 g/mol. The molecule has 0 aliphatic carbocycles. The highest BCUT2D eigenvalue weighted by Crippen LogP contribution is 2.11. The summed E-state index contributed by atoms with van der Waals surface area (Å²) in [6.07, 6.45) is 1.24. The summed E-state index contributed by atoms with van der Waals surface area (Å²) in [5, 5.41) is 3.20. The molecule has 1 saturated heterocycles. The van der Waals surface area contributed by atoms with Gasteiger partial charge in [-0.25, -0.2) is 4.79 Å². The van der Waals surface area contributed by atoms with Gasteiger partial charge in [0.05, 0.1) is 0 Å². The first-order chi connectivity index (χ1) is 5.20. The average Bonchev–Trinajstić information content (AvgIpc) is 1.93. The quantitative estimate of drug-likeness (QED) is 0.574. The van der Waals surface area contributed by atoms with Crippen molar-refractivity contribution in [2.45, 2.75) is 31.9 Å². The minimum absolute atomic E-state index is 0.0405. The van der Waals surface area contributed by atoms with Crippen LogP contribution in [0.15, 0.2) is 0 Å². The highest BCUT2D eigenvalue weighted by Gasteiger charge is 2.23. The molecule has 3 N–H and O–H groups in total. The lowest BCUT2D eigenvalue weighted by molar-refractivity contribution is 0.0668. The van der Waals surface area contributed by atoms with Crippen molar-refractivity contribution in [3.63, 3.8) is 0 Å². The van der Waals surface area contributed by atoms with E-state index in [1.807, 2.05) is 6.92 Å². The largest absolute Gasteiger partial charge is 0.445 e. The number of ether oxygens (including phenoxy) is 1. The maximum absolute atomic E-state index is 10.4. The number of piperidine rings is 1. The lowest BCUT2D eigenvalue weighted by Gasteiger charge is -2.28. The van der Waals surface area contributed by atoms with Gasteiger partial charge in [0.2, 0.25) is 0 Å². The fourth-order valence-corrected chi connectivity index (χ4v) is 1.32. The lowest BCUT2D eigenvalue weighted by Crippen LogP contribution is -2.45. The number of hydrogen-bond donors (Lipinski definition) is 2. The maximum atomic E-state index is 10.4. The standard InChI is InChI=1S/C7H14N2O2/c1-5-6(11-7(8)10)3-2-4-9-5/h5-6,9H,2-4H2,1H3,(H2,8,10)/t5-,6+/m0/s1. The van der Waals surface area contributed by atoms with E-state index in [0.29, 0.717) is 0 Å². The Morgan fingerprint density at radius 3 is 3.00 bits per heavy atom. The fourth-order valence-electron chi connectivity index (χ4n) is 1.32. The van der Waals surface area contributed by atoms with Gasteiger partial charge in [0.25, 0.3) is 0 Å². The van der Waals surface area contributed by atoms with E-state index in [2.05, 4.69) is 5.32 Å². The van der Waals surface area contributed by atoms with Gasteiger partial charge in [-0.05, 0) is 26.3 Å². The third-order valence-electron chi connectivity index (χ3n) is 1.96. The number of carbonyl (C=O) groups excluding carboxylic acids is 1. The molecule has 4 heteroatoms. The number of primary amides is 1. The Kier molecular flexibility index (Phi) is 2.70. The molecule has 0 unspecified atom stereocenters. The minimum Gasteiger partial charge on any atom is -0.445 e. The van der Waals surface area contributed by atoms with Gasteiger partial charge in [-0.3, -0.25) is 0 Å². The first kappa shape index (κ1) is 8.33. The molecule has 0 aromatic carbocycles. The van der Waals surface area contributed by atoms with Gasteiger partial charge in [0, 0.05) is 6.04 Å². The number of nitrogens with one attached hydrogen (secondary N) is 1. The summed E-state index contributed by atoms with van der Waals surface area (Å²) < 4.78 is 4.88. The van der Waals surface area contributed by atoms with Gasteiger partial charge in [0.1, 0.15) is 6.10 Å². The summed E-state index contributed by atoms with van der Waals surface area (Å²) in [7, 11) is 0. The zero-order valence-corrected chi connectivity index (χ0v) is 6.67. The summed E-state index contributed by atoms with van der Waals surface area (Å²) >= 11 is 0. The van der Waals surface area contributed by atoms with Crippen LogP contribution in [0.3, 0.4) is 0 Å². The van der Waals surface area contributed by atoms with Crippen LogP contribution in [0.25, 0.3) is 0 Å². The number of hydrogen-bond acceptors (Lipinski definition) is 3. The third kappa shape index (κ3) is 2.38. The van der Waals surface area contributed by atoms with Gasteiger partial charge in [0.15, 0.2) is 0 Å². The minimum atomic E-state index is -0.675. The Morgan fingerprint density at radius 1 is 1.73 bits per heavy atom. The van der Waals surface area contributed by atoms with Crippen molar-refractivity contribution in [2.24, 2.45) is 5.73 Å². The Labute approximate surface area is 66.1 Å². The summed E-state index contributed by atoms with van der Waals surface area (Å²) in [6, 6.07) is 0.233. The van der Waals surface area contributed by atoms with Crippen LogP contribution in [0.5, 0.6) is 0 Å². The van der Waals surface area contributed by atoms with Gasteiger partial charge < -0.3 is 15.8 Å². The highest BCUT2D eigenvalue weighted by atomic mass is 16.6. The van der Waals surface area contributed by atoms with Crippen LogP contribution in [0.1, 0.15) is 19.8 Å². The van der Waals surface area contributed by atoms with Crippen molar-refractivity contribution in [3.8, 4) is 0 Å². The highest BCUT2D eigenvalue weighted by molar-refractivity contribution is 5.64. The Balaban J connectivity index is 2.35. The molecule has 1 aliphatic heterocycles. The van der Waals surface area contributed by atoms with E-state index in [1.165, 1.54) is 0 Å². The van der Waals surface area contributed by atoms with Gasteiger partial charge >= 0.3 is 6.09 Å². The molecular formula is C7H14N2O2. The third-order valence-corrected chi connectivity index (χ3v) is 1.96. The van der Waals surface area contributed by atoms with E-state index >= 15 is 0 Å². The Morgan fingerprint density at radius 2 is 2.45 bits per heavy atom. The zero-order valence-electron chi connectivity index (χ0n) is 6.67. The van der Waals surface area contributed by atoms with E-state index in [4.69, 9.17) is 10.5 Å². The van der Waals surface area contributed by atoms with Gasteiger partial charge in [-0.1, -0.05) is 0 Å². The first-order valence-electron chi connectivity index (χ1n) is 3.89. The van der Waals surface area contributed by atoms with Crippen molar-refractivity contribution in [3.05, 3.63) is 0 Å². The predicted octanol–water partition coefficient (Wildman–Crippen LogP) is 0.222. The van der Waals surface area contributed by atoms with Gasteiger partial charge in [-0.15, -0.1) is 0 Å². The summed E-state index contributed by atoms with van der Waals surface area (Å²) in [5.74, 6) is 0. The molecule has 1 fully saturated rings. The molecule has 1 aliphatic rings. The lowest BCUT2D eigenvalue weighted by atomic mass is 10.0. The molecule has 0 saturated carbocycles. The monoisotopic (exact) mass is 158 g/mol. The molecule has 0 spiro atoms. The second kappa shape index (κ2) is 3.57. The van der Waals surface area contributed by atoms with Crippen molar-refractivity contribution in [1.29, 1.82) is 0 Å². The van der Waals surface area contributed by atoms with Crippen LogP contribution >= 0.6 is 0 Å². The maximum Gasteiger partial charge on any atom is 0.404 e. The van der Waals surface area contributed by atoms with Crippen molar-refractivity contribution < 1.29 is 9.53 Å². The summed E-state index contributed by atoms with van der Waals surface area (Å²) in [4.78, 5) is 10.4. The smallest absolute Gasteiger partial charge is 0.404 e. The van der Waals surface area contributed by atoms with Crippen molar-refractivity contribution >= 4 is 6.09 Å². The fraction of sp³-hybridized carbons (Fsp3) is 0.857. The Hall–Kier alpha value is -0.770. The summed E-state index contributed by atoms with van der Waals surface area (Å²) in [5.41, 5.74) is 4.90. The van der Waals surface area contributed by atoms with Crippen LogP contribution in [-0.4, -0.2) is 24.8 Å². The average molecular weight is 158 g/mol. The van der Waals surface area contributed by atoms with E-state index < -0.39 is 6.09 Å². The van der Waals surface area contributed by atoms with Crippen molar-refractivity contribution in [1.82, 2.24) is 5.32 Å². The normalized spacial score (nSPS) is 31.4. The number of nitrogens with two attached hydrogens (primary N) is 1. The molecule has 0 bridgehead atoms. The molecule has 11 heavy (non-hydrogen) atoms. The van der Waals surface area contributed by atoms with Gasteiger partial charge in [-0.2, -0.15) is 0 Å².